The molecule has 0 amide bonds. The van der Waals surface area contributed by atoms with Gasteiger partial charge in [0.05, 0.1) is 22.3 Å². The van der Waals surface area contributed by atoms with Crippen molar-refractivity contribution in [2.45, 2.75) is 12.7 Å². The molecule has 0 bridgehead atoms. The van der Waals surface area contributed by atoms with E-state index in [2.05, 4.69) is 25.3 Å². The quantitative estimate of drug-likeness (QED) is 0.191. The third-order valence-corrected chi connectivity index (χ3v) is 6.95. The predicted molar refractivity (Wildman–Crippen MR) is 147 cm³/mol. The standard InChI is InChI=1S/C25H19F4N7O3S2/c1-41(37,38)36-16-7-5-13(9-15(16)26)11-31-23-14(6-8-20(34-23)25(27,28)29)17-10-21(33-12-32-17)39-18-3-2-4-19-22(18)35-24(30)40-19/h2-10,12,36H,11H2,1H3,(H2,30,35)(H,31,34). The molecule has 0 aliphatic rings. The monoisotopic (exact) mass is 605 g/mol. The van der Waals surface area contributed by atoms with Crippen LogP contribution in [0.4, 0.5) is 34.2 Å². The molecule has 212 valence electrons. The van der Waals surface area contributed by atoms with Crippen molar-refractivity contribution in [3.8, 4) is 22.9 Å². The Morgan fingerprint density at radius 3 is 2.59 bits per heavy atom. The van der Waals surface area contributed by atoms with E-state index in [1.54, 1.807) is 12.1 Å². The number of para-hydroxylation sites is 1. The number of hydrogen-bond donors (Lipinski definition) is 3. The van der Waals surface area contributed by atoms with E-state index in [-0.39, 0.29) is 35.2 Å². The summed E-state index contributed by atoms with van der Waals surface area (Å²) in [6, 6.07) is 12.4. The van der Waals surface area contributed by atoms with Crippen molar-refractivity contribution in [2.75, 3.05) is 22.0 Å². The van der Waals surface area contributed by atoms with E-state index >= 15 is 0 Å². The molecule has 10 nitrogen and oxygen atoms in total. The highest BCUT2D eigenvalue weighted by molar-refractivity contribution is 7.92. The van der Waals surface area contributed by atoms with Gasteiger partial charge < -0.3 is 15.8 Å². The van der Waals surface area contributed by atoms with Gasteiger partial charge in [0.1, 0.15) is 29.2 Å². The second-order valence-electron chi connectivity index (χ2n) is 8.63. The summed E-state index contributed by atoms with van der Waals surface area (Å²) in [5.74, 6) is -0.574. The lowest BCUT2D eigenvalue weighted by Crippen LogP contribution is -2.12. The SMILES string of the molecule is CS(=O)(=O)Nc1ccc(CNc2nc(C(F)(F)F)ccc2-c2cc(Oc3cccc4sc(N)nc34)ncn2)cc1F. The molecule has 0 spiro atoms. The first kappa shape index (κ1) is 28.0. The molecule has 5 rings (SSSR count). The number of alkyl halides is 3. The van der Waals surface area contributed by atoms with Gasteiger partial charge in [-0.1, -0.05) is 23.5 Å². The molecule has 4 N–H and O–H groups in total. The highest BCUT2D eigenvalue weighted by Gasteiger charge is 2.33. The van der Waals surface area contributed by atoms with Crippen molar-refractivity contribution < 1.29 is 30.7 Å². The van der Waals surface area contributed by atoms with Crippen molar-refractivity contribution in [1.29, 1.82) is 0 Å². The highest BCUT2D eigenvalue weighted by Crippen LogP contribution is 2.36. The van der Waals surface area contributed by atoms with Gasteiger partial charge >= 0.3 is 6.18 Å². The summed E-state index contributed by atoms with van der Waals surface area (Å²) >= 11 is 1.28. The maximum absolute atomic E-state index is 14.4. The van der Waals surface area contributed by atoms with Crippen LogP contribution in [0.5, 0.6) is 11.6 Å². The Morgan fingerprint density at radius 1 is 1.05 bits per heavy atom. The number of nitrogen functional groups attached to an aromatic ring is 1. The van der Waals surface area contributed by atoms with Crippen LogP contribution in [-0.4, -0.2) is 34.6 Å². The number of nitrogens with zero attached hydrogens (tertiary/aromatic N) is 4. The van der Waals surface area contributed by atoms with Gasteiger partial charge in [-0.3, -0.25) is 4.72 Å². The number of benzene rings is 2. The summed E-state index contributed by atoms with van der Waals surface area (Å²) in [5, 5.41) is 3.15. The highest BCUT2D eigenvalue weighted by atomic mass is 32.2. The molecular formula is C25H19F4N7O3S2. The van der Waals surface area contributed by atoms with Crippen LogP contribution in [0.15, 0.2) is 60.9 Å². The lowest BCUT2D eigenvalue weighted by Gasteiger charge is -2.15. The minimum atomic E-state index is -4.73. The van der Waals surface area contributed by atoms with Gasteiger partial charge in [-0.05, 0) is 42.0 Å². The number of sulfonamides is 1. The molecule has 0 radical (unpaired) electrons. The first-order valence-corrected chi connectivity index (χ1v) is 14.3. The van der Waals surface area contributed by atoms with E-state index in [0.717, 1.165) is 23.1 Å². The Morgan fingerprint density at radius 2 is 1.85 bits per heavy atom. The molecule has 0 aliphatic heterocycles. The molecule has 0 atom stereocenters. The van der Waals surface area contributed by atoms with Crippen LogP contribution in [-0.2, 0) is 22.7 Å². The summed E-state index contributed by atoms with van der Waals surface area (Å²) in [4.78, 5) is 16.3. The number of hydrogen-bond acceptors (Lipinski definition) is 10. The Balaban J connectivity index is 1.45. The zero-order valence-corrected chi connectivity index (χ0v) is 22.5. The zero-order chi connectivity index (χ0) is 29.4. The van der Waals surface area contributed by atoms with Gasteiger partial charge in [0, 0.05) is 18.2 Å². The Hall–Kier alpha value is -4.57. The van der Waals surface area contributed by atoms with E-state index in [4.69, 9.17) is 10.5 Å². The molecule has 0 fully saturated rings. The van der Waals surface area contributed by atoms with Crippen LogP contribution in [0.25, 0.3) is 21.5 Å². The molecule has 5 aromatic rings. The van der Waals surface area contributed by atoms with Gasteiger partial charge in [0.2, 0.25) is 15.9 Å². The number of nitrogens with one attached hydrogen (secondary N) is 2. The topological polar surface area (TPSA) is 145 Å². The number of nitrogens with two attached hydrogens (primary N) is 1. The molecule has 41 heavy (non-hydrogen) atoms. The molecule has 3 aromatic heterocycles. The van der Waals surface area contributed by atoms with Gasteiger partial charge in [0.25, 0.3) is 0 Å². The second-order valence-corrected chi connectivity index (χ2v) is 11.4. The van der Waals surface area contributed by atoms with Gasteiger partial charge in [-0.2, -0.15) is 13.2 Å². The third-order valence-electron chi connectivity index (χ3n) is 5.51. The minimum Gasteiger partial charge on any atom is -0.437 e. The maximum Gasteiger partial charge on any atom is 0.433 e. The number of rotatable bonds is 8. The van der Waals surface area contributed by atoms with Crippen LogP contribution in [0, 0.1) is 5.82 Å². The average molecular weight is 606 g/mol. The van der Waals surface area contributed by atoms with E-state index in [0.29, 0.717) is 22.0 Å². The van der Waals surface area contributed by atoms with Crippen LogP contribution in [0.1, 0.15) is 11.3 Å². The van der Waals surface area contributed by atoms with Crippen molar-refractivity contribution >= 4 is 48.2 Å². The lowest BCUT2D eigenvalue weighted by molar-refractivity contribution is -0.141. The van der Waals surface area contributed by atoms with Crippen molar-refractivity contribution in [3.05, 3.63) is 78.0 Å². The maximum atomic E-state index is 14.4. The summed E-state index contributed by atoms with van der Waals surface area (Å²) in [6.45, 7) is -0.140. The summed E-state index contributed by atoms with van der Waals surface area (Å²) in [5.41, 5.74) is 5.62. The number of anilines is 3. The largest absolute Gasteiger partial charge is 0.437 e. The number of halogens is 4. The van der Waals surface area contributed by atoms with E-state index in [1.807, 2.05) is 10.8 Å². The smallest absolute Gasteiger partial charge is 0.433 e. The van der Waals surface area contributed by atoms with Crippen LogP contribution in [0.3, 0.4) is 0 Å². The molecule has 16 heteroatoms. The molecule has 0 aliphatic carbocycles. The normalized spacial score (nSPS) is 11.9. The third kappa shape index (κ3) is 6.60. The fourth-order valence-electron chi connectivity index (χ4n) is 3.77. The van der Waals surface area contributed by atoms with E-state index in [9.17, 15) is 26.0 Å². The summed E-state index contributed by atoms with van der Waals surface area (Å²) in [6.07, 6.45) is -2.67. The Bertz CT molecular complexity index is 1860. The number of aromatic nitrogens is 4. The fraction of sp³-hybridized carbons (Fsp3) is 0.120. The van der Waals surface area contributed by atoms with Crippen molar-refractivity contribution in [3.63, 3.8) is 0 Å². The van der Waals surface area contributed by atoms with E-state index in [1.165, 1.54) is 41.9 Å². The number of thiazole rings is 1. The first-order valence-electron chi connectivity index (χ1n) is 11.6. The molecule has 0 unspecified atom stereocenters. The molecule has 0 saturated carbocycles. The van der Waals surface area contributed by atoms with Crippen molar-refractivity contribution in [1.82, 2.24) is 19.9 Å². The average Bonchev–Trinajstić information content (AvgIpc) is 3.29. The van der Waals surface area contributed by atoms with Crippen LogP contribution >= 0.6 is 11.3 Å². The van der Waals surface area contributed by atoms with Crippen molar-refractivity contribution in [2.24, 2.45) is 0 Å². The summed E-state index contributed by atoms with van der Waals surface area (Å²) in [7, 11) is -3.71. The number of ether oxygens (including phenoxy) is 1. The molecule has 3 heterocycles. The van der Waals surface area contributed by atoms with Gasteiger partial charge in [-0.25, -0.2) is 32.7 Å². The van der Waals surface area contributed by atoms with Crippen LogP contribution < -0.4 is 20.5 Å². The Kier molecular flexibility index (Phi) is 7.35. The predicted octanol–water partition coefficient (Wildman–Crippen LogP) is 5.66. The van der Waals surface area contributed by atoms with E-state index < -0.39 is 27.7 Å². The number of pyridine rings is 1. The van der Waals surface area contributed by atoms with Crippen LogP contribution in [0.2, 0.25) is 0 Å². The molecule has 2 aromatic carbocycles. The van der Waals surface area contributed by atoms with Gasteiger partial charge in [-0.15, -0.1) is 0 Å². The minimum absolute atomic E-state index is 0.0935. The second kappa shape index (κ2) is 10.8. The van der Waals surface area contributed by atoms with Gasteiger partial charge in [0.15, 0.2) is 10.9 Å². The first-order chi connectivity index (χ1) is 19.4. The number of fused-ring (bicyclic) bond motifs is 1. The zero-order valence-electron chi connectivity index (χ0n) is 20.9. The molecule has 0 saturated heterocycles. The molecular weight excluding hydrogens is 586 g/mol. The Labute approximate surface area is 234 Å². The lowest BCUT2D eigenvalue weighted by atomic mass is 10.1. The summed E-state index contributed by atoms with van der Waals surface area (Å²) < 4.78 is 86.4. The fourth-order valence-corrected chi connectivity index (χ4v) is 5.09.